The SMILES string of the molecule is O=C(NC1CCC1)c1ccc(O)cc1O. The van der Waals surface area contributed by atoms with Gasteiger partial charge in [0.2, 0.25) is 0 Å². The summed E-state index contributed by atoms with van der Waals surface area (Å²) in [5, 5.41) is 21.3. The minimum absolute atomic E-state index is 0.0484. The van der Waals surface area contributed by atoms with Gasteiger partial charge in [-0.2, -0.15) is 0 Å². The molecule has 15 heavy (non-hydrogen) atoms. The van der Waals surface area contributed by atoms with Crippen LogP contribution in [0.1, 0.15) is 29.6 Å². The number of aromatic hydroxyl groups is 2. The highest BCUT2D eigenvalue weighted by Gasteiger charge is 2.21. The van der Waals surface area contributed by atoms with Gasteiger partial charge in [-0.3, -0.25) is 4.79 Å². The average molecular weight is 207 g/mol. The summed E-state index contributed by atoms with van der Waals surface area (Å²) in [6, 6.07) is 4.20. The lowest BCUT2D eigenvalue weighted by Gasteiger charge is -2.26. The molecule has 4 heteroatoms. The van der Waals surface area contributed by atoms with Crippen LogP contribution in [0.25, 0.3) is 0 Å². The molecule has 0 unspecified atom stereocenters. The summed E-state index contributed by atoms with van der Waals surface area (Å²) in [5.74, 6) is -0.517. The summed E-state index contributed by atoms with van der Waals surface area (Å²) in [7, 11) is 0. The number of phenols is 2. The van der Waals surface area contributed by atoms with Gasteiger partial charge >= 0.3 is 0 Å². The molecule has 2 rings (SSSR count). The Morgan fingerprint density at radius 3 is 2.60 bits per heavy atom. The smallest absolute Gasteiger partial charge is 0.255 e. The lowest BCUT2D eigenvalue weighted by Crippen LogP contribution is -2.39. The van der Waals surface area contributed by atoms with Crippen LogP contribution in [0.5, 0.6) is 11.5 Å². The highest BCUT2D eigenvalue weighted by atomic mass is 16.3. The van der Waals surface area contributed by atoms with Gasteiger partial charge < -0.3 is 15.5 Å². The van der Waals surface area contributed by atoms with Gasteiger partial charge in [0.15, 0.2) is 0 Å². The zero-order valence-corrected chi connectivity index (χ0v) is 8.23. The third-order valence-electron chi connectivity index (χ3n) is 2.67. The molecule has 0 heterocycles. The van der Waals surface area contributed by atoms with E-state index in [9.17, 15) is 9.90 Å². The van der Waals surface area contributed by atoms with Crippen molar-refractivity contribution in [3.05, 3.63) is 23.8 Å². The number of amides is 1. The van der Waals surface area contributed by atoms with Crippen molar-refractivity contribution in [2.75, 3.05) is 0 Å². The Balaban J connectivity index is 2.10. The van der Waals surface area contributed by atoms with Crippen LogP contribution < -0.4 is 5.32 Å². The lowest BCUT2D eigenvalue weighted by molar-refractivity contribution is 0.0914. The first kappa shape index (κ1) is 9.83. The summed E-state index contributed by atoms with van der Waals surface area (Å²) in [4.78, 5) is 11.6. The Bertz CT molecular complexity index is 385. The molecule has 0 atom stereocenters. The number of benzene rings is 1. The van der Waals surface area contributed by atoms with Crippen LogP contribution >= 0.6 is 0 Å². The van der Waals surface area contributed by atoms with Crippen LogP contribution in [0.3, 0.4) is 0 Å². The Labute approximate surface area is 87.6 Å². The normalized spacial score (nSPS) is 15.7. The predicted molar refractivity (Wildman–Crippen MR) is 54.9 cm³/mol. The fourth-order valence-corrected chi connectivity index (χ4v) is 1.53. The number of nitrogens with one attached hydrogen (secondary N) is 1. The molecule has 1 amide bonds. The Hall–Kier alpha value is -1.71. The second-order valence-electron chi connectivity index (χ2n) is 3.80. The Kier molecular flexibility index (Phi) is 2.49. The van der Waals surface area contributed by atoms with Crippen LogP contribution in [0.2, 0.25) is 0 Å². The molecule has 0 spiro atoms. The van der Waals surface area contributed by atoms with Crippen molar-refractivity contribution in [3.63, 3.8) is 0 Å². The molecule has 1 aliphatic carbocycles. The van der Waals surface area contributed by atoms with Gasteiger partial charge in [0.05, 0.1) is 5.56 Å². The van der Waals surface area contributed by atoms with E-state index >= 15 is 0 Å². The van der Waals surface area contributed by atoms with Crippen molar-refractivity contribution < 1.29 is 15.0 Å². The van der Waals surface area contributed by atoms with Gasteiger partial charge in [-0.1, -0.05) is 0 Å². The van der Waals surface area contributed by atoms with E-state index < -0.39 is 0 Å². The zero-order valence-electron chi connectivity index (χ0n) is 8.23. The van der Waals surface area contributed by atoms with Crippen molar-refractivity contribution in [3.8, 4) is 11.5 Å². The Morgan fingerprint density at radius 1 is 1.33 bits per heavy atom. The number of carbonyl (C=O) groups is 1. The molecule has 1 saturated carbocycles. The van der Waals surface area contributed by atoms with Crippen LogP contribution in [-0.2, 0) is 0 Å². The standard InChI is InChI=1S/C11H13NO3/c13-8-4-5-9(10(14)6-8)11(15)12-7-2-1-3-7/h4-7,13-14H,1-3H2,(H,12,15). The van der Waals surface area contributed by atoms with Crippen molar-refractivity contribution in [2.45, 2.75) is 25.3 Å². The van der Waals surface area contributed by atoms with Gasteiger partial charge in [0.25, 0.3) is 5.91 Å². The summed E-state index contributed by atoms with van der Waals surface area (Å²) < 4.78 is 0. The molecule has 0 radical (unpaired) electrons. The number of rotatable bonds is 2. The number of phenolic OH excluding ortho intramolecular Hbond substituents is 2. The van der Waals surface area contributed by atoms with Crippen molar-refractivity contribution in [2.24, 2.45) is 0 Å². The third kappa shape index (κ3) is 2.03. The number of carbonyl (C=O) groups excluding carboxylic acids is 1. The van der Waals surface area contributed by atoms with E-state index in [-0.39, 0.29) is 29.0 Å². The molecule has 0 bridgehead atoms. The molecule has 0 saturated heterocycles. The molecule has 1 aromatic carbocycles. The van der Waals surface area contributed by atoms with E-state index in [4.69, 9.17) is 5.11 Å². The van der Waals surface area contributed by atoms with Crippen LogP contribution in [0, 0.1) is 0 Å². The van der Waals surface area contributed by atoms with Gasteiger partial charge in [-0.05, 0) is 31.4 Å². The highest BCUT2D eigenvalue weighted by molar-refractivity contribution is 5.97. The maximum Gasteiger partial charge on any atom is 0.255 e. The van der Waals surface area contributed by atoms with E-state index in [1.165, 1.54) is 12.1 Å². The first-order valence-corrected chi connectivity index (χ1v) is 4.99. The first-order chi connectivity index (χ1) is 7.16. The van der Waals surface area contributed by atoms with E-state index in [2.05, 4.69) is 5.32 Å². The van der Waals surface area contributed by atoms with Crippen molar-refractivity contribution in [1.82, 2.24) is 5.32 Å². The Morgan fingerprint density at radius 2 is 2.07 bits per heavy atom. The number of hydrogen-bond acceptors (Lipinski definition) is 3. The summed E-state index contributed by atoms with van der Waals surface area (Å²) in [5.41, 5.74) is 0.208. The maximum atomic E-state index is 11.6. The van der Waals surface area contributed by atoms with Crippen molar-refractivity contribution in [1.29, 1.82) is 0 Å². The molecule has 0 aromatic heterocycles. The quantitative estimate of drug-likeness (QED) is 0.686. The van der Waals surface area contributed by atoms with Crippen LogP contribution in [0.15, 0.2) is 18.2 Å². The van der Waals surface area contributed by atoms with Crippen molar-refractivity contribution >= 4 is 5.91 Å². The zero-order chi connectivity index (χ0) is 10.8. The largest absolute Gasteiger partial charge is 0.508 e. The topological polar surface area (TPSA) is 69.6 Å². The van der Waals surface area contributed by atoms with Crippen LogP contribution in [-0.4, -0.2) is 22.2 Å². The molecule has 80 valence electrons. The molecule has 1 fully saturated rings. The molecular weight excluding hydrogens is 194 g/mol. The first-order valence-electron chi connectivity index (χ1n) is 4.99. The van der Waals surface area contributed by atoms with Crippen LogP contribution in [0.4, 0.5) is 0 Å². The molecule has 4 nitrogen and oxygen atoms in total. The minimum Gasteiger partial charge on any atom is -0.508 e. The van der Waals surface area contributed by atoms with Gasteiger partial charge in [0.1, 0.15) is 11.5 Å². The molecule has 1 aliphatic rings. The number of hydrogen-bond donors (Lipinski definition) is 3. The summed E-state index contributed by atoms with van der Waals surface area (Å²) in [6.45, 7) is 0. The fraction of sp³-hybridized carbons (Fsp3) is 0.364. The van der Waals surface area contributed by atoms with Gasteiger partial charge in [-0.15, -0.1) is 0 Å². The molecule has 3 N–H and O–H groups in total. The third-order valence-corrected chi connectivity index (χ3v) is 2.67. The summed E-state index contributed by atoms with van der Waals surface area (Å²) in [6.07, 6.45) is 3.15. The van der Waals surface area contributed by atoms with E-state index in [0.717, 1.165) is 25.3 Å². The van der Waals surface area contributed by atoms with Gasteiger partial charge in [0, 0.05) is 12.1 Å². The molecular formula is C11H13NO3. The summed E-state index contributed by atoms with van der Waals surface area (Å²) >= 11 is 0. The van der Waals surface area contributed by atoms with E-state index in [1.807, 2.05) is 0 Å². The molecule has 0 aliphatic heterocycles. The van der Waals surface area contributed by atoms with E-state index in [0.29, 0.717) is 0 Å². The monoisotopic (exact) mass is 207 g/mol. The highest BCUT2D eigenvalue weighted by Crippen LogP contribution is 2.24. The fourth-order valence-electron chi connectivity index (χ4n) is 1.53. The predicted octanol–water partition coefficient (Wildman–Crippen LogP) is 1.38. The second-order valence-corrected chi connectivity index (χ2v) is 3.80. The lowest BCUT2D eigenvalue weighted by atomic mass is 9.93. The minimum atomic E-state index is -0.280. The second kappa shape index (κ2) is 3.81. The maximum absolute atomic E-state index is 11.6. The average Bonchev–Trinajstić information content (AvgIpc) is 2.11. The molecule has 1 aromatic rings. The van der Waals surface area contributed by atoms with E-state index in [1.54, 1.807) is 0 Å². The van der Waals surface area contributed by atoms with Gasteiger partial charge in [-0.25, -0.2) is 0 Å².